The Balaban J connectivity index is 1.93. The van der Waals surface area contributed by atoms with Gasteiger partial charge in [-0.1, -0.05) is 11.6 Å². The molecule has 7 nitrogen and oxygen atoms in total. The molecule has 0 spiro atoms. The molecule has 12 heteroatoms. The molecule has 160 valence electrons. The number of halogens is 5. The molecule has 1 aromatic heterocycles. The van der Waals surface area contributed by atoms with E-state index in [1.165, 1.54) is 6.07 Å². The summed E-state index contributed by atoms with van der Waals surface area (Å²) in [6.07, 6.45) is -3.62. The van der Waals surface area contributed by atoms with E-state index in [-0.39, 0.29) is 19.2 Å². The molecular formula is C18H16BrClF3N5O2. The van der Waals surface area contributed by atoms with E-state index in [9.17, 15) is 23.5 Å². The van der Waals surface area contributed by atoms with Crippen LogP contribution in [0.2, 0.25) is 5.02 Å². The lowest BCUT2D eigenvalue weighted by Gasteiger charge is -2.29. The van der Waals surface area contributed by atoms with Crippen LogP contribution in [-0.4, -0.2) is 34.3 Å². The van der Waals surface area contributed by atoms with Gasteiger partial charge in [-0.15, -0.1) is 0 Å². The lowest BCUT2D eigenvalue weighted by Crippen LogP contribution is -2.38. The number of benzene rings is 1. The van der Waals surface area contributed by atoms with Gasteiger partial charge in [0.05, 0.1) is 36.3 Å². The van der Waals surface area contributed by atoms with E-state index in [1.54, 1.807) is 6.07 Å². The number of aromatic nitrogens is 2. The van der Waals surface area contributed by atoms with Crippen LogP contribution in [0.25, 0.3) is 0 Å². The highest BCUT2D eigenvalue weighted by atomic mass is 79.9. The van der Waals surface area contributed by atoms with Gasteiger partial charge in [0.1, 0.15) is 11.4 Å². The Morgan fingerprint density at radius 3 is 2.83 bits per heavy atom. The molecular weight excluding hydrogens is 491 g/mol. The van der Waals surface area contributed by atoms with Crippen molar-refractivity contribution < 1.29 is 23.0 Å². The zero-order valence-electron chi connectivity index (χ0n) is 15.3. The van der Waals surface area contributed by atoms with Gasteiger partial charge >= 0.3 is 6.18 Å². The minimum absolute atomic E-state index is 0.0878. The number of ether oxygens (including phenoxy) is 1. The van der Waals surface area contributed by atoms with Crippen LogP contribution in [0, 0.1) is 17.2 Å². The predicted molar refractivity (Wildman–Crippen MR) is 107 cm³/mol. The monoisotopic (exact) mass is 505 g/mol. The topological polar surface area (TPSA) is 103 Å². The fourth-order valence-corrected chi connectivity index (χ4v) is 3.53. The first kappa shape index (κ1) is 22.6. The van der Waals surface area contributed by atoms with Gasteiger partial charge in [0, 0.05) is 23.0 Å². The number of aliphatic hydroxyl groups excluding tert-OH is 1. The maximum Gasteiger partial charge on any atom is 0.421 e. The molecule has 1 saturated heterocycles. The average Bonchev–Trinajstić information content (AvgIpc) is 2.70. The van der Waals surface area contributed by atoms with Crippen LogP contribution in [0.5, 0.6) is 0 Å². The average molecular weight is 507 g/mol. The van der Waals surface area contributed by atoms with Gasteiger partial charge in [0.2, 0.25) is 5.95 Å². The van der Waals surface area contributed by atoms with Gasteiger partial charge in [0.15, 0.2) is 0 Å². The summed E-state index contributed by atoms with van der Waals surface area (Å²) in [4.78, 5) is 7.71. The minimum atomic E-state index is -4.69. The normalized spacial score (nSPS) is 19.2. The van der Waals surface area contributed by atoms with Gasteiger partial charge in [0.25, 0.3) is 0 Å². The van der Waals surface area contributed by atoms with E-state index in [0.717, 1.165) is 0 Å². The summed E-state index contributed by atoms with van der Waals surface area (Å²) in [5.74, 6) is -1.08. The van der Waals surface area contributed by atoms with E-state index in [1.807, 2.05) is 0 Å². The number of hydrogen-bond donors (Lipinski definition) is 3. The van der Waals surface area contributed by atoms with Gasteiger partial charge in [-0.2, -0.15) is 23.4 Å². The van der Waals surface area contributed by atoms with Crippen LogP contribution in [-0.2, 0) is 17.5 Å². The molecule has 2 unspecified atom stereocenters. The molecule has 30 heavy (non-hydrogen) atoms. The molecule has 1 aliphatic heterocycles. The molecule has 0 radical (unpaired) electrons. The Hall–Kier alpha value is -2.13. The van der Waals surface area contributed by atoms with Gasteiger partial charge in [-0.05, 0) is 40.0 Å². The van der Waals surface area contributed by atoms with E-state index in [0.29, 0.717) is 40.0 Å². The zero-order valence-corrected chi connectivity index (χ0v) is 17.6. The molecule has 3 N–H and O–H groups in total. The number of hydrogen-bond acceptors (Lipinski definition) is 7. The molecule has 0 saturated carbocycles. The Labute approximate surface area is 183 Å². The van der Waals surface area contributed by atoms with Crippen molar-refractivity contribution >= 4 is 45.0 Å². The van der Waals surface area contributed by atoms with Gasteiger partial charge in [-0.3, -0.25) is 0 Å². The smallest absolute Gasteiger partial charge is 0.392 e. The van der Waals surface area contributed by atoms with Gasteiger partial charge in [-0.25, -0.2) is 4.98 Å². The first-order valence-electron chi connectivity index (χ1n) is 8.77. The summed E-state index contributed by atoms with van der Waals surface area (Å²) in [5, 5.41) is 24.5. The van der Waals surface area contributed by atoms with E-state index < -0.39 is 29.5 Å². The van der Waals surface area contributed by atoms with Crippen molar-refractivity contribution in [3.8, 4) is 6.07 Å². The quantitative estimate of drug-likeness (QED) is 0.549. The molecule has 3 rings (SSSR count). The minimum Gasteiger partial charge on any atom is -0.392 e. The molecule has 1 aliphatic rings. The predicted octanol–water partition coefficient (Wildman–Crippen LogP) is 4.49. The lowest BCUT2D eigenvalue weighted by molar-refractivity contribution is -0.137. The molecule has 0 bridgehead atoms. The van der Waals surface area contributed by atoms with Crippen molar-refractivity contribution in [1.29, 1.82) is 5.26 Å². The van der Waals surface area contributed by atoms with Crippen molar-refractivity contribution in [2.45, 2.75) is 25.2 Å². The van der Waals surface area contributed by atoms with E-state index in [4.69, 9.17) is 16.3 Å². The fraction of sp³-hybridized carbons (Fsp3) is 0.389. The number of alkyl halides is 3. The number of nitrogens with zero attached hydrogens (tertiary/aromatic N) is 3. The van der Waals surface area contributed by atoms with Crippen LogP contribution < -0.4 is 10.6 Å². The second kappa shape index (κ2) is 9.34. The van der Waals surface area contributed by atoms with E-state index >= 15 is 0 Å². The Morgan fingerprint density at radius 1 is 1.40 bits per heavy atom. The molecule has 0 aliphatic carbocycles. The summed E-state index contributed by atoms with van der Waals surface area (Å²) >= 11 is 9.34. The van der Waals surface area contributed by atoms with Crippen molar-refractivity contribution in [2.24, 2.45) is 5.92 Å². The third-order valence-corrected chi connectivity index (χ3v) is 5.93. The van der Waals surface area contributed by atoms with Gasteiger partial charge < -0.3 is 20.5 Å². The number of nitrogens with one attached hydrogen (secondary N) is 2. The first-order chi connectivity index (χ1) is 14.2. The number of aliphatic hydroxyl groups is 1. The van der Waals surface area contributed by atoms with Crippen molar-refractivity contribution in [3.63, 3.8) is 0 Å². The first-order valence-corrected chi connectivity index (χ1v) is 9.94. The second-order valence-electron chi connectivity index (χ2n) is 6.52. The summed E-state index contributed by atoms with van der Waals surface area (Å²) in [6, 6.07) is 4.52. The standard InChI is InChI=1S/C18H16BrClF3N5O2/c19-15-10(7-29)3-11(4-13(15)20)26-17-25-6-12(18(21,22)23)16(28-17)27-14-8-30-2-1-9(14)5-24/h3-4,6,9,14,29H,1-2,7-8H2,(H2,25,26,27,28). The third kappa shape index (κ3) is 5.13. The Kier molecular flexibility index (Phi) is 7.02. The number of anilines is 3. The van der Waals surface area contributed by atoms with Crippen molar-refractivity contribution in [1.82, 2.24) is 9.97 Å². The summed E-state index contributed by atoms with van der Waals surface area (Å²) in [5.41, 5.74) is -0.194. The van der Waals surface area contributed by atoms with Crippen LogP contribution in [0.3, 0.4) is 0 Å². The largest absolute Gasteiger partial charge is 0.421 e. The molecule has 1 fully saturated rings. The van der Waals surface area contributed by atoms with Crippen molar-refractivity contribution in [2.75, 3.05) is 23.8 Å². The van der Waals surface area contributed by atoms with Crippen LogP contribution in [0.15, 0.2) is 22.8 Å². The summed E-state index contributed by atoms with van der Waals surface area (Å²) < 4.78 is 46.1. The molecule has 1 aromatic carbocycles. The SMILES string of the molecule is N#CC1CCOCC1Nc1nc(Nc2cc(Cl)c(Br)c(CO)c2)ncc1C(F)(F)F. The highest BCUT2D eigenvalue weighted by Crippen LogP contribution is 2.36. The van der Waals surface area contributed by atoms with E-state index in [2.05, 4.69) is 42.6 Å². The highest BCUT2D eigenvalue weighted by molar-refractivity contribution is 9.10. The fourth-order valence-electron chi connectivity index (χ4n) is 2.93. The lowest BCUT2D eigenvalue weighted by atomic mass is 9.96. The van der Waals surface area contributed by atoms with Crippen LogP contribution in [0.4, 0.5) is 30.6 Å². The number of nitriles is 1. The zero-order chi connectivity index (χ0) is 21.9. The number of rotatable bonds is 5. The second-order valence-corrected chi connectivity index (χ2v) is 7.72. The maximum absolute atomic E-state index is 13.4. The summed E-state index contributed by atoms with van der Waals surface area (Å²) in [7, 11) is 0. The maximum atomic E-state index is 13.4. The Morgan fingerprint density at radius 2 is 2.17 bits per heavy atom. The third-order valence-electron chi connectivity index (χ3n) is 4.47. The highest BCUT2D eigenvalue weighted by Gasteiger charge is 2.37. The van der Waals surface area contributed by atoms with Crippen LogP contribution in [0.1, 0.15) is 17.5 Å². The molecule has 2 aromatic rings. The van der Waals surface area contributed by atoms with Crippen molar-refractivity contribution in [3.05, 3.63) is 39.0 Å². The molecule has 2 heterocycles. The molecule has 0 amide bonds. The van der Waals surface area contributed by atoms with Crippen LogP contribution >= 0.6 is 27.5 Å². The Bertz CT molecular complexity index is 970. The molecule has 2 atom stereocenters. The summed E-state index contributed by atoms with van der Waals surface area (Å²) in [6.45, 7) is 0.162.